The van der Waals surface area contributed by atoms with Crippen molar-refractivity contribution >= 4 is 6.21 Å². The Bertz CT molecular complexity index is 702. The van der Waals surface area contributed by atoms with E-state index in [1.54, 1.807) is 6.21 Å². The summed E-state index contributed by atoms with van der Waals surface area (Å²) in [6.07, 6.45) is 3.74. The van der Waals surface area contributed by atoms with E-state index in [2.05, 4.69) is 21.9 Å². The van der Waals surface area contributed by atoms with Crippen molar-refractivity contribution in [3.05, 3.63) is 90.3 Å². The van der Waals surface area contributed by atoms with Crippen molar-refractivity contribution in [2.24, 2.45) is 5.16 Å². The third-order valence-electron chi connectivity index (χ3n) is 3.15. The van der Waals surface area contributed by atoms with Crippen LogP contribution < -0.4 is 0 Å². The van der Waals surface area contributed by atoms with Gasteiger partial charge in [0.25, 0.3) is 0 Å². The molecule has 0 saturated carbocycles. The number of para-hydroxylation sites is 1. The van der Waals surface area contributed by atoms with Crippen molar-refractivity contribution in [3.8, 4) is 5.69 Å². The largest absolute Gasteiger partial charge is 0.391 e. The zero-order valence-corrected chi connectivity index (χ0v) is 11.6. The van der Waals surface area contributed by atoms with Gasteiger partial charge in [0.1, 0.15) is 6.61 Å². The lowest BCUT2D eigenvalue weighted by Gasteiger charge is -2.05. The molecule has 0 aliphatic rings. The van der Waals surface area contributed by atoms with E-state index in [4.69, 9.17) is 4.84 Å². The van der Waals surface area contributed by atoms with E-state index >= 15 is 0 Å². The van der Waals surface area contributed by atoms with Crippen molar-refractivity contribution in [1.29, 1.82) is 0 Å². The molecule has 0 unspecified atom stereocenters. The van der Waals surface area contributed by atoms with Gasteiger partial charge in [-0.15, -0.1) is 0 Å². The maximum absolute atomic E-state index is 5.34. The van der Waals surface area contributed by atoms with Gasteiger partial charge in [0.15, 0.2) is 0 Å². The molecule has 3 heteroatoms. The van der Waals surface area contributed by atoms with Gasteiger partial charge in [0.2, 0.25) is 0 Å². The van der Waals surface area contributed by atoms with Gasteiger partial charge in [-0.3, -0.25) is 0 Å². The summed E-state index contributed by atoms with van der Waals surface area (Å²) in [5.74, 6) is 0. The topological polar surface area (TPSA) is 26.5 Å². The van der Waals surface area contributed by atoms with Gasteiger partial charge in [-0.2, -0.15) is 0 Å². The number of aromatic nitrogens is 1. The van der Waals surface area contributed by atoms with Crippen LogP contribution in [0.5, 0.6) is 0 Å². The van der Waals surface area contributed by atoms with Gasteiger partial charge in [-0.1, -0.05) is 53.7 Å². The average Bonchev–Trinajstić information content (AvgIpc) is 3.02. The van der Waals surface area contributed by atoms with E-state index in [0.717, 1.165) is 16.9 Å². The average molecular weight is 276 g/mol. The molecule has 0 atom stereocenters. The Labute approximate surface area is 124 Å². The van der Waals surface area contributed by atoms with Crippen LogP contribution in [-0.2, 0) is 11.4 Å². The van der Waals surface area contributed by atoms with Gasteiger partial charge >= 0.3 is 0 Å². The normalized spacial score (nSPS) is 10.9. The van der Waals surface area contributed by atoms with Gasteiger partial charge in [0, 0.05) is 11.9 Å². The summed E-state index contributed by atoms with van der Waals surface area (Å²) in [5.41, 5.74) is 3.19. The molecule has 0 bridgehead atoms. The minimum absolute atomic E-state index is 0.476. The second-order valence-electron chi connectivity index (χ2n) is 4.63. The van der Waals surface area contributed by atoms with Crippen LogP contribution in [0.25, 0.3) is 5.69 Å². The van der Waals surface area contributed by atoms with E-state index in [0.29, 0.717) is 6.61 Å². The fourth-order valence-corrected chi connectivity index (χ4v) is 2.10. The first kappa shape index (κ1) is 13.2. The predicted octanol–water partition coefficient (Wildman–Crippen LogP) is 4.03. The highest BCUT2D eigenvalue weighted by Gasteiger charge is 2.00. The van der Waals surface area contributed by atoms with Crippen molar-refractivity contribution in [2.45, 2.75) is 6.61 Å². The van der Waals surface area contributed by atoms with E-state index in [9.17, 15) is 0 Å². The van der Waals surface area contributed by atoms with Crippen LogP contribution in [0.3, 0.4) is 0 Å². The molecule has 0 saturated heterocycles. The lowest BCUT2D eigenvalue weighted by Crippen LogP contribution is -1.98. The summed E-state index contributed by atoms with van der Waals surface area (Å²) in [4.78, 5) is 5.34. The van der Waals surface area contributed by atoms with Crippen LogP contribution in [0, 0.1) is 0 Å². The van der Waals surface area contributed by atoms with Crippen LogP contribution in [0.15, 0.2) is 84.1 Å². The van der Waals surface area contributed by atoms with E-state index in [1.165, 1.54) is 0 Å². The zero-order valence-electron chi connectivity index (χ0n) is 11.6. The third-order valence-corrected chi connectivity index (χ3v) is 3.15. The second kappa shape index (κ2) is 6.57. The molecule has 0 radical (unpaired) electrons. The summed E-state index contributed by atoms with van der Waals surface area (Å²) >= 11 is 0. The summed E-state index contributed by atoms with van der Waals surface area (Å²) in [6, 6.07) is 24.1. The molecule has 0 amide bonds. The first-order valence-electron chi connectivity index (χ1n) is 6.85. The fourth-order valence-electron chi connectivity index (χ4n) is 2.10. The summed E-state index contributed by atoms with van der Waals surface area (Å²) < 4.78 is 2.06. The quantitative estimate of drug-likeness (QED) is 0.510. The molecule has 104 valence electrons. The second-order valence-corrected chi connectivity index (χ2v) is 4.63. The van der Waals surface area contributed by atoms with Gasteiger partial charge in [-0.25, -0.2) is 0 Å². The highest BCUT2D eigenvalue weighted by Crippen LogP contribution is 2.11. The van der Waals surface area contributed by atoms with E-state index in [-0.39, 0.29) is 0 Å². The Hall–Kier alpha value is -2.81. The van der Waals surface area contributed by atoms with Crippen molar-refractivity contribution in [3.63, 3.8) is 0 Å². The van der Waals surface area contributed by atoms with Gasteiger partial charge < -0.3 is 9.40 Å². The SMILES string of the molecule is C(=N\OCc1ccccc1)/c1cccn1-c1ccccc1. The van der Waals surface area contributed by atoms with Crippen molar-refractivity contribution in [2.75, 3.05) is 0 Å². The standard InChI is InChI=1S/C18H16N2O/c1-3-8-16(9-4-1)15-21-19-14-18-12-7-13-20(18)17-10-5-2-6-11-17/h1-14H,15H2/b19-14+. The summed E-state index contributed by atoms with van der Waals surface area (Å²) in [6.45, 7) is 0.476. The molecule has 21 heavy (non-hydrogen) atoms. The van der Waals surface area contributed by atoms with Crippen molar-refractivity contribution < 1.29 is 4.84 Å². The summed E-state index contributed by atoms with van der Waals surface area (Å²) in [7, 11) is 0. The molecular weight excluding hydrogens is 260 g/mol. The lowest BCUT2D eigenvalue weighted by molar-refractivity contribution is 0.132. The van der Waals surface area contributed by atoms with Gasteiger partial charge in [0.05, 0.1) is 11.9 Å². The molecule has 3 nitrogen and oxygen atoms in total. The maximum atomic E-state index is 5.34. The molecule has 0 N–H and O–H groups in total. The minimum atomic E-state index is 0.476. The number of hydrogen-bond acceptors (Lipinski definition) is 2. The number of hydrogen-bond donors (Lipinski definition) is 0. The molecule has 0 spiro atoms. The van der Waals surface area contributed by atoms with Crippen LogP contribution in [0.1, 0.15) is 11.3 Å². The zero-order chi connectivity index (χ0) is 14.3. The molecule has 3 aromatic rings. The summed E-state index contributed by atoms with van der Waals surface area (Å²) in [5, 5.41) is 4.05. The maximum Gasteiger partial charge on any atom is 0.142 e. The number of oxime groups is 1. The lowest BCUT2D eigenvalue weighted by atomic mass is 10.2. The molecule has 0 fully saturated rings. The van der Waals surface area contributed by atoms with Crippen LogP contribution in [-0.4, -0.2) is 10.8 Å². The minimum Gasteiger partial charge on any atom is -0.391 e. The number of nitrogens with zero attached hydrogens (tertiary/aromatic N) is 2. The Balaban J connectivity index is 1.66. The first-order chi connectivity index (χ1) is 10.4. The monoisotopic (exact) mass is 276 g/mol. The molecule has 3 rings (SSSR count). The molecule has 0 aliphatic heterocycles. The Morgan fingerprint density at radius 3 is 2.33 bits per heavy atom. The number of benzene rings is 2. The molecule has 1 aromatic heterocycles. The van der Waals surface area contributed by atoms with Crippen molar-refractivity contribution in [1.82, 2.24) is 4.57 Å². The predicted molar refractivity (Wildman–Crippen MR) is 84.6 cm³/mol. The Morgan fingerprint density at radius 2 is 1.57 bits per heavy atom. The van der Waals surface area contributed by atoms with Crippen LogP contribution in [0.4, 0.5) is 0 Å². The Morgan fingerprint density at radius 1 is 0.857 bits per heavy atom. The molecule has 2 aromatic carbocycles. The smallest absolute Gasteiger partial charge is 0.142 e. The highest BCUT2D eigenvalue weighted by molar-refractivity contribution is 5.78. The van der Waals surface area contributed by atoms with Gasteiger partial charge in [-0.05, 0) is 29.8 Å². The Kier molecular flexibility index (Phi) is 4.12. The van der Waals surface area contributed by atoms with E-state index in [1.807, 2.05) is 66.9 Å². The molecule has 0 aliphatic carbocycles. The third kappa shape index (κ3) is 3.39. The first-order valence-corrected chi connectivity index (χ1v) is 6.85. The van der Waals surface area contributed by atoms with Crippen LogP contribution >= 0.6 is 0 Å². The molecular formula is C18H16N2O. The van der Waals surface area contributed by atoms with E-state index < -0.39 is 0 Å². The highest BCUT2D eigenvalue weighted by atomic mass is 16.6. The number of rotatable bonds is 5. The fraction of sp³-hybridized carbons (Fsp3) is 0.0556. The van der Waals surface area contributed by atoms with Crippen LogP contribution in [0.2, 0.25) is 0 Å². The molecule has 1 heterocycles.